The fourth-order valence-corrected chi connectivity index (χ4v) is 2.88. The Kier molecular flexibility index (Phi) is 3.46. The van der Waals surface area contributed by atoms with Crippen LogP contribution >= 0.6 is 0 Å². The van der Waals surface area contributed by atoms with Crippen molar-refractivity contribution in [3.05, 3.63) is 23.9 Å². The number of rotatable bonds is 4. The molecule has 4 heteroatoms. The van der Waals surface area contributed by atoms with Crippen LogP contribution in [0.25, 0.3) is 0 Å². The highest BCUT2D eigenvalue weighted by Gasteiger charge is 2.33. The summed E-state index contributed by atoms with van der Waals surface area (Å²) in [6, 6.07) is 6.80. The number of nitrogens with one attached hydrogen (secondary N) is 1. The summed E-state index contributed by atoms with van der Waals surface area (Å²) in [5.74, 6) is 0.992. The number of likely N-dealkylation sites (tertiary alicyclic amines) is 1. The number of anilines is 1. The van der Waals surface area contributed by atoms with Crippen LogP contribution in [0.1, 0.15) is 31.5 Å². The third-order valence-corrected chi connectivity index (χ3v) is 4.23. The molecule has 19 heavy (non-hydrogen) atoms. The molecule has 2 fully saturated rings. The third kappa shape index (κ3) is 2.74. The molecule has 2 aliphatic heterocycles. The Hall–Kier alpha value is -1.13. The van der Waals surface area contributed by atoms with E-state index in [9.17, 15) is 0 Å². The maximum absolute atomic E-state index is 5.28. The second-order valence-corrected chi connectivity index (χ2v) is 6.24. The minimum absolute atomic E-state index is 0.280. The van der Waals surface area contributed by atoms with Gasteiger partial charge in [-0.15, -0.1) is 0 Å². The van der Waals surface area contributed by atoms with Gasteiger partial charge in [0.2, 0.25) is 0 Å². The molecule has 0 spiro atoms. The fraction of sp³-hybridized carbons (Fsp3) is 0.667. The molecule has 3 rings (SSSR count). The fourth-order valence-electron chi connectivity index (χ4n) is 2.88. The molecule has 0 radical (unpaired) electrons. The summed E-state index contributed by atoms with van der Waals surface area (Å²) in [7, 11) is 2.19. The van der Waals surface area contributed by atoms with E-state index < -0.39 is 0 Å². The highest BCUT2D eigenvalue weighted by atomic mass is 16.5. The van der Waals surface area contributed by atoms with Crippen molar-refractivity contribution >= 4 is 5.82 Å². The lowest BCUT2D eigenvalue weighted by Crippen LogP contribution is -2.45. The Morgan fingerprint density at radius 1 is 1.47 bits per heavy atom. The zero-order valence-corrected chi connectivity index (χ0v) is 11.9. The van der Waals surface area contributed by atoms with E-state index in [2.05, 4.69) is 42.4 Å². The van der Waals surface area contributed by atoms with Crippen LogP contribution in [0.4, 0.5) is 5.82 Å². The first kappa shape index (κ1) is 12.9. The minimum atomic E-state index is 0.280. The van der Waals surface area contributed by atoms with Crippen molar-refractivity contribution in [2.24, 2.45) is 5.41 Å². The van der Waals surface area contributed by atoms with Crippen molar-refractivity contribution in [1.29, 1.82) is 0 Å². The highest BCUT2D eigenvalue weighted by molar-refractivity contribution is 5.36. The topological polar surface area (TPSA) is 37.4 Å². The Morgan fingerprint density at radius 3 is 2.95 bits per heavy atom. The normalized spacial score (nSPS) is 26.1. The molecule has 3 heterocycles. The molecule has 2 saturated heterocycles. The van der Waals surface area contributed by atoms with Gasteiger partial charge in [-0.2, -0.15) is 0 Å². The van der Waals surface area contributed by atoms with Crippen molar-refractivity contribution < 1.29 is 4.74 Å². The first-order valence-electron chi connectivity index (χ1n) is 7.15. The molecular formula is C15H23N3O. The molecule has 4 nitrogen and oxygen atoms in total. The SMILES string of the molecule is CN1CCC[C@@H]1c1cccc(NCC2(C)COC2)n1. The minimum Gasteiger partial charge on any atom is -0.380 e. The van der Waals surface area contributed by atoms with E-state index in [0.717, 1.165) is 25.6 Å². The van der Waals surface area contributed by atoms with Gasteiger partial charge in [0.15, 0.2) is 0 Å². The van der Waals surface area contributed by atoms with Gasteiger partial charge in [-0.25, -0.2) is 4.98 Å². The first-order chi connectivity index (χ1) is 9.16. The monoisotopic (exact) mass is 261 g/mol. The van der Waals surface area contributed by atoms with Crippen LogP contribution < -0.4 is 5.32 Å². The van der Waals surface area contributed by atoms with Crippen LogP contribution in [-0.2, 0) is 4.74 Å². The van der Waals surface area contributed by atoms with Crippen LogP contribution in [0.5, 0.6) is 0 Å². The number of aromatic nitrogens is 1. The molecule has 0 aromatic carbocycles. The van der Waals surface area contributed by atoms with Crippen molar-refractivity contribution in [3.8, 4) is 0 Å². The summed E-state index contributed by atoms with van der Waals surface area (Å²) in [5, 5.41) is 3.46. The average Bonchev–Trinajstić information content (AvgIpc) is 2.81. The largest absolute Gasteiger partial charge is 0.380 e. The maximum Gasteiger partial charge on any atom is 0.126 e. The number of hydrogen-bond acceptors (Lipinski definition) is 4. The van der Waals surface area contributed by atoms with Gasteiger partial charge in [0.1, 0.15) is 5.82 Å². The number of nitrogens with zero attached hydrogens (tertiary/aromatic N) is 2. The van der Waals surface area contributed by atoms with Crippen molar-refractivity contribution in [3.63, 3.8) is 0 Å². The smallest absolute Gasteiger partial charge is 0.126 e. The number of ether oxygens (including phenoxy) is 1. The lowest BCUT2D eigenvalue weighted by molar-refractivity contribution is -0.0924. The molecule has 0 unspecified atom stereocenters. The Labute approximate surface area is 115 Å². The first-order valence-corrected chi connectivity index (χ1v) is 7.15. The van der Waals surface area contributed by atoms with Crippen LogP contribution in [0.3, 0.4) is 0 Å². The van der Waals surface area contributed by atoms with Crippen molar-refractivity contribution in [1.82, 2.24) is 9.88 Å². The molecule has 0 aliphatic carbocycles. The molecule has 1 atom stereocenters. The molecule has 0 bridgehead atoms. The maximum atomic E-state index is 5.28. The number of pyridine rings is 1. The van der Waals surface area contributed by atoms with E-state index in [0.29, 0.717) is 6.04 Å². The van der Waals surface area contributed by atoms with Gasteiger partial charge in [-0.3, -0.25) is 4.90 Å². The predicted molar refractivity (Wildman–Crippen MR) is 76.3 cm³/mol. The molecule has 1 aromatic heterocycles. The summed E-state index contributed by atoms with van der Waals surface area (Å²) in [5.41, 5.74) is 1.47. The zero-order chi connectivity index (χ0) is 13.3. The van der Waals surface area contributed by atoms with Crippen LogP contribution in [0, 0.1) is 5.41 Å². The van der Waals surface area contributed by atoms with E-state index in [-0.39, 0.29) is 5.41 Å². The average molecular weight is 261 g/mol. The summed E-state index contributed by atoms with van der Waals surface area (Å²) < 4.78 is 5.28. The Bertz CT molecular complexity index is 445. The zero-order valence-electron chi connectivity index (χ0n) is 11.9. The third-order valence-electron chi connectivity index (χ3n) is 4.23. The standard InChI is InChI=1S/C15H23N3O/c1-15(10-19-11-15)9-16-14-7-3-5-12(17-14)13-6-4-8-18(13)2/h3,5,7,13H,4,6,8-11H2,1-2H3,(H,16,17)/t13-/m1/s1. The van der Waals surface area contributed by atoms with Gasteiger partial charge in [0.05, 0.1) is 24.9 Å². The summed E-state index contributed by atoms with van der Waals surface area (Å²) in [4.78, 5) is 7.17. The highest BCUT2D eigenvalue weighted by Crippen LogP contribution is 2.30. The van der Waals surface area contributed by atoms with Gasteiger partial charge in [-0.1, -0.05) is 13.0 Å². The van der Waals surface area contributed by atoms with Gasteiger partial charge in [0.25, 0.3) is 0 Å². The summed E-state index contributed by atoms with van der Waals surface area (Å²) in [6.45, 7) is 6.07. The summed E-state index contributed by atoms with van der Waals surface area (Å²) >= 11 is 0. The van der Waals surface area contributed by atoms with Crippen molar-refractivity contribution in [2.45, 2.75) is 25.8 Å². The van der Waals surface area contributed by atoms with Gasteiger partial charge in [0, 0.05) is 12.0 Å². The van der Waals surface area contributed by atoms with Gasteiger partial charge >= 0.3 is 0 Å². The van der Waals surface area contributed by atoms with E-state index in [1.807, 2.05) is 0 Å². The second-order valence-electron chi connectivity index (χ2n) is 6.24. The molecule has 1 aromatic rings. The quantitative estimate of drug-likeness (QED) is 0.902. The lowest BCUT2D eigenvalue weighted by Gasteiger charge is -2.38. The molecule has 0 saturated carbocycles. The molecular weight excluding hydrogens is 238 g/mol. The number of hydrogen-bond donors (Lipinski definition) is 1. The Morgan fingerprint density at radius 2 is 2.32 bits per heavy atom. The van der Waals surface area contributed by atoms with Crippen molar-refractivity contribution in [2.75, 3.05) is 38.7 Å². The van der Waals surface area contributed by atoms with E-state index >= 15 is 0 Å². The van der Waals surface area contributed by atoms with Gasteiger partial charge < -0.3 is 10.1 Å². The molecule has 1 N–H and O–H groups in total. The molecule has 2 aliphatic rings. The van der Waals surface area contributed by atoms with Crippen LogP contribution in [-0.4, -0.2) is 43.2 Å². The molecule has 0 amide bonds. The second kappa shape index (κ2) is 5.10. The lowest BCUT2D eigenvalue weighted by atomic mass is 9.89. The van der Waals surface area contributed by atoms with Crippen LogP contribution in [0.15, 0.2) is 18.2 Å². The molecule has 104 valence electrons. The van der Waals surface area contributed by atoms with Crippen LogP contribution in [0.2, 0.25) is 0 Å². The van der Waals surface area contributed by atoms with Gasteiger partial charge in [-0.05, 0) is 38.6 Å². The predicted octanol–water partition coefficient (Wildman–Crippen LogP) is 2.30. The van der Waals surface area contributed by atoms with E-state index in [4.69, 9.17) is 9.72 Å². The summed E-state index contributed by atoms with van der Waals surface area (Å²) in [6.07, 6.45) is 2.49. The van der Waals surface area contributed by atoms with E-state index in [1.54, 1.807) is 0 Å². The van der Waals surface area contributed by atoms with E-state index in [1.165, 1.54) is 25.1 Å². The Balaban J connectivity index is 1.65.